The van der Waals surface area contributed by atoms with Crippen molar-refractivity contribution in [3.05, 3.63) is 54.1 Å². The van der Waals surface area contributed by atoms with Crippen LogP contribution in [0.4, 0.5) is 11.4 Å². The molecule has 6 heteroatoms. The second-order valence-corrected chi connectivity index (χ2v) is 8.56. The first-order chi connectivity index (χ1) is 14.6. The first-order valence-corrected chi connectivity index (χ1v) is 11.6. The van der Waals surface area contributed by atoms with Crippen LogP contribution in [0, 0.1) is 5.92 Å². The van der Waals surface area contributed by atoms with Crippen molar-refractivity contribution in [3.8, 4) is 5.75 Å². The van der Waals surface area contributed by atoms with Gasteiger partial charge in [-0.2, -0.15) is 0 Å². The summed E-state index contributed by atoms with van der Waals surface area (Å²) in [6, 6.07) is 15.4. The molecule has 2 atom stereocenters. The van der Waals surface area contributed by atoms with Gasteiger partial charge in [-0.1, -0.05) is 44.9 Å². The Balaban J connectivity index is 1.80. The predicted molar refractivity (Wildman–Crippen MR) is 124 cm³/mol. The molecule has 0 aromatic heterocycles. The second-order valence-electron chi connectivity index (χ2n) is 7.49. The molecular weight excluding hydrogens is 396 g/mol. The number of rotatable bonds is 9. The van der Waals surface area contributed by atoms with E-state index in [4.69, 9.17) is 4.74 Å². The standard InChI is InChI=1S/C24H30N2O3S/c1-4-6-9-17(5-2)23(28)25-19-11-7-10-18(14-19)24-26(22(27)16-30-24)20-12-8-13-21(15-20)29-3/h7-8,10-15,17,24H,4-6,9,16H2,1-3H3,(H,25,28)/t17-,24-/m0/s1. The molecule has 0 bridgehead atoms. The van der Waals surface area contributed by atoms with Crippen LogP contribution >= 0.6 is 11.8 Å². The molecule has 0 spiro atoms. The normalized spacial score (nSPS) is 17.1. The van der Waals surface area contributed by atoms with Gasteiger partial charge in [0.15, 0.2) is 0 Å². The maximum Gasteiger partial charge on any atom is 0.238 e. The van der Waals surface area contributed by atoms with Gasteiger partial charge in [0.1, 0.15) is 11.1 Å². The first-order valence-electron chi connectivity index (χ1n) is 10.6. The molecule has 30 heavy (non-hydrogen) atoms. The highest BCUT2D eigenvalue weighted by Gasteiger charge is 2.34. The SMILES string of the molecule is CCCC[C@H](CC)C(=O)Nc1cccc([C@@H]2SCC(=O)N2c2cccc(OC)c2)c1. The van der Waals surface area contributed by atoms with Gasteiger partial charge in [-0.15, -0.1) is 11.8 Å². The zero-order chi connectivity index (χ0) is 21.5. The van der Waals surface area contributed by atoms with Crippen LogP contribution in [0.25, 0.3) is 0 Å². The van der Waals surface area contributed by atoms with E-state index in [1.54, 1.807) is 18.9 Å². The second kappa shape index (κ2) is 10.5. The van der Waals surface area contributed by atoms with Gasteiger partial charge in [-0.05, 0) is 42.7 Å². The van der Waals surface area contributed by atoms with Gasteiger partial charge >= 0.3 is 0 Å². The minimum Gasteiger partial charge on any atom is -0.497 e. The lowest BCUT2D eigenvalue weighted by molar-refractivity contribution is -0.120. The van der Waals surface area contributed by atoms with Crippen molar-refractivity contribution < 1.29 is 14.3 Å². The molecule has 2 aromatic carbocycles. The van der Waals surface area contributed by atoms with E-state index in [-0.39, 0.29) is 23.1 Å². The Labute approximate surface area is 183 Å². The maximum atomic E-state index is 12.7. The Morgan fingerprint density at radius 3 is 2.77 bits per heavy atom. The Bertz CT molecular complexity index is 886. The smallest absolute Gasteiger partial charge is 0.238 e. The quantitative estimate of drug-likeness (QED) is 0.565. The number of methoxy groups -OCH3 is 1. The molecule has 3 rings (SSSR count). The minimum absolute atomic E-state index is 0.0318. The van der Waals surface area contributed by atoms with Crippen molar-refractivity contribution in [2.75, 3.05) is 23.1 Å². The molecular formula is C24H30N2O3S. The lowest BCUT2D eigenvalue weighted by atomic mass is 9.98. The molecule has 160 valence electrons. The topological polar surface area (TPSA) is 58.6 Å². The predicted octanol–water partition coefficient (Wildman–Crippen LogP) is 5.63. The molecule has 0 saturated carbocycles. The fourth-order valence-electron chi connectivity index (χ4n) is 3.70. The van der Waals surface area contributed by atoms with Gasteiger partial charge < -0.3 is 10.1 Å². The summed E-state index contributed by atoms with van der Waals surface area (Å²) >= 11 is 1.59. The minimum atomic E-state index is -0.136. The lowest BCUT2D eigenvalue weighted by Gasteiger charge is -2.25. The molecule has 1 N–H and O–H groups in total. The van der Waals surface area contributed by atoms with E-state index in [1.807, 2.05) is 53.4 Å². The summed E-state index contributed by atoms with van der Waals surface area (Å²) in [7, 11) is 1.62. The maximum absolute atomic E-state index is 12.7. The van der Waals surface area contributed by atoms with E-state index in [2.05, 4.69) is 19.2 Å². The number of hydrogen-bond acceptors (Lipinski definition) is 4. The zero-order valence-corrected chi connectivity index (χ0v) is 18.7. The van der Waals surface area contributed by atoms with E-state index >= 15 is 0 Å². The van der Waals surface area contributed by atoms with Crippen LogP contribution in [0.3, 0.4) is 0 Å². The molecule has 0 unspecified atom stereocenters. The number of carbonyl (C=O) groups excluding carboxylic acids is 2. The molecule has 1 heterocycles. The summed E-state index contributed by atoms with van der Waals surface area (Å²) in [5.41, 5.74) is 2.58. The highest BCUT2D eigenvalue weighted by atomic mass is 32.2. The first kappa shape index (κ1) is 22.2. The number of unbranched alkanes of at least 4 members (excludes halogenated alkanes) is 1. The van der Waals surface area contributed by atoms with Crippen molar-refractivity contribution in [2.24, 2.45) is 5.92 Å². The summed E-state index contributed by atoms with van der Waals surface area (Å²) < 4.78 is 5.32. The van der Waals surface area contributed by atoms with Gasteiger partial charge in [0.05, 0.1) is 12.9 Å². The molecule has 0 aliphatic carbocycles. The Hall–Kier alpha value is -2.47. The molecule has 1 aliphatic rings. The Morgan fingerprint density at radius 1 is 1.23 bits per heavy atom. The van der Waals surface area contributed by atoms with Crippen molar-refractivity contribution in [3.63, 3.8) is 0 Å². The summed E-state index contributed by atoms with van der Waals surface area (Å²) in [4.78, 5) is 27.1. The van der Waals surface area contributed by atoms with Crippen LogP contribution in [-0.2, 0) is 9.59 Å². The average molecular weight is 427 g/mol. The number of nitrogens with one attached hydrogen (secondary N) is 1. The molecule has 0 radical (unpaired) electrons. The average Bonchev–Trinajstić information content (AvgIpc) is 3.16. The van der Waals surface area contributed by atoms with Gasteiger partial charge in [0.25, 0.3) is 0 Å². The van der Waals surface area contributed by atoms with Gasteiger partial charge in [-0.3, -0.25) is 14.5 Å². The number of anilines is 2. The van der Waals surface area contributed by atoms with Crippen LogP contribution in [0.5, 0.6) is 5.75 Å². The van der Waals surface area contributed by atoms with Crippen LogP contribution in [0.2, 0.25) is 0 Å². The summed E-state index contributed by atoms with van der Waals surface area (Å²) in [5, 5.41) is 2.94. The third kappa shape index (κ3) is 5.17. The van der Waals surface area contributed by atoms with Gasteiger partial charge in [0.2, 0.25) is 11.8 Å². The number of hydrogen-bond donors (Lipinski definition) is 1. The number of benzene rings is 2. The van der Waals surface area contributed by atoms with Crippen LogP contribution < -0.4 is 15.0 Å². The number of thioether (sulfide) groups is 1. The highest BCUT2D eigenvalue weighted by Crippen LogP contribution is 2.42. The number of nitrogens with zero attached hydrogens (tertiary/aromatic N) is 1. The zero-order valence-electron chi connectivity index (χ0n) is 17.9. The third-order valence-corrected chi connectivity index (χ3v) is 6.62. The largest absolute Gasteiger partial charge is 0.497 e. The van der Waals surface area contributed by atoms with Crippen LogP contribution in [0.1, 0.15) is 50.5 Å². The lowest BCUT2D eigenvalue weighted by Crippen LogP contribution is -2.28. The van der Waals surface area contributed by atoms with E-state index in [9.17, 15) is 9.59 Å². The Morgan fingerprint density at radius 2 is 2.03 bits per heavy atom. The van der Waals surface area contributed by atoms with Gasteiger partial charge in [0, 0.05) is 23.4 Å². The van der Waals surface area contributed by atoms with Gasteiger partial charge in [-0.25, -0.2) is 0 Å². The number of ether oxygens (including phenoxy) is 1. The molecule has 1 fully saturated rings. The summed E-state index contributed by atoms with van der Waals surface area (Å²) in [5.74, 6) is 1.31. The molecule has 2 amide bonds. The highest BCUT2D eigenvalue weighted by molar-refractivity contribution is 8.00. The van der Waals surface area contributed by atoms with Crippen molar-refractivity contribution in [1.82, 2.24) is 0 Å². The summed E-state index contributed by atoms with van der Waals surface area (Å²) in [6.45, 7) is 4.20. The van der Waals surface area contributed by atoms with E-state index in [1.165, 1.54) is 0 Å². The van der Waals surface area contributed by atoms with E-state index in [0.29, 0.717) is 5.75 Å². The van der Waals surface area contributed by atoms with Crippen molar-refractivity contribution >= 4 is 35.0 Å². The fourth-order valence-corrected chi connectivity index (χ4v) is 4.86. The summed E-state index contributed by atoms with van der Waals surface area (Å²) in [6.07, 6.45) is 3.89. The van der Waals surface area contributed by atoms with E-state index in [0.717, 1.165) is 48.4 Å². The molecule has 5 nitrogen and oxygen atoms in total. The van der Waals surface area contributed by atoms with Crippen molar-refractivity contribution in [2.45, 2.75) is 44.9 Å². The Kier molecular flexibility index (Phi) is 7.80. The molecule has 1 aliphatic heterocycles. The van der Waals surface area contributed by atoms with Crippen LogP contribution in [-0.4, -0.2) is 24.7 Å². The monoisotopic (exact) mass is 426 g/mol. The molecule has 1 saturated heterocycles. The number of carbonyl (C=O) groups is 2. The molecule has 2 aromatic rings. The number of amides is 2. The third-order valence-electron chi connectivity index (χ3n) is 5.41. The van der Waals surface area contributed by atoms with Crippen LogP contribution in [0.15, 0.2) is 48.5 Å². The fraction of sp³-hybridized carbons (Fsp3) is 0.417. The van der Waals surface area contributed by atoms with E-state index < -0.39 is 0 Å². The van der Waals surface area contributed by atoms with Crippen molar-refractivity contribution in [1.29, 1.82) is 0 Å².